The van der Waals surface area contributed by atoms with Gasteiger partial charge < -0.3 is 10.4 Å². The Morgan fingerprint density at radius 2 is 1.96 bits per heavy atom. The summed E-state index contributed by atoms with van der Waals surface area (Å²) in [6.45, 7) is 0.521. The Morgan fingerprint density at radius 1 is 1.16 bits per heavy atom. The molecule has 25 heavy (non-hydrogen) atoms. The van der Waals surface area contributed by atoms with Gasteiger partial charge in [0, 0.05) is 6.54 Å². The molecule has 0 bridgehead atoms. The van der Waals surface area contributed by atoms with Crippen molar-refractivity contribution in [3.63, 3.8) is 0 Å². The van der Waals surface area contributed by atoms with E-state index in [0.29, 0.717) is 6.54 Å². The molecule has 2 aromatic carbocycles. The van der Waals surface area contributed by atoms with Gasteiger partial charge >= 0.3 is 0 Å². The zero-order valence-electron chi connectivity index (χ0n) is 13.4. The van der Waals surface area contributed by atoms with Crippen molar-refractivity contribution in [2.45, 2.75) is 19.7 Å². The molecule has 0 saturated heterocycles. The Morgan fingerprint density at radius 3 is 2.72 bits per heavy atom. The number of aliphatic hydroxyl groups excluding tert-OH is 1. The molecule has 6 nitrogen and oxygen atoms in total. The average molecular weight is 340 g/mol. The van der Waals surface area contributed by atoms with E-state index in [-0.39, 0.29) is 30.6 Å². The molecule has 0 fully saturated rings. The molecule has 0 unspecified atom stereocenters. The SMILES string of the molecule is O=C(NCc1ccccc1CO)c1cn(Cc2cccc(F)c2)nn1. The number of rotatable bonds is 6. The van der Waals surface area contributed by atoms with Crippen molar-refractivity contribution in [2.24, 2.45) is 0 Å². The minimum atomic E-state index is -0.363. The van der Waals surface area contributed by atoms with E-state index in [1.807, 2.05) is 18.2 Å². The number of aromatic nitrogens is 3. The molecule has 2 N–H and O–H groups in total. The summed E-state index contributed by atoms with van der Waals surface area (Å²) >= 11 is 0. The molecule has 0 radical (unpaired) electrons. The van der Waals surface area contributed by atoms with Gasteiger partial charge in [-0.3, -0.25) is 4.79 Å². The summed E-state index contributed by atoms with van der Waals surface area (Å²) < 4.78 is 14.7. The topological polar surface area (TPSA) is 80.0 Å². The molecule has 3 rings (SSSR count). The van der Waals surface area contributed by atoms with E-state index in [1.54, 1.807) is 18.2 Å². The summed E-state index contributed by atoms with van der Waals surface area (Å²) in [5, 5.41) is 19.8. The lowest BCUT2D eigenvalue weighted by Gasteiger charge is -2.07. The van der Waals surface area contributed by atoms with Crippen LogP contribution in [0.5, 0.6) is 0 Å². The first kappa shape index (κ1) is 16.8. The number of carbonyl (C=O) groups excluding carboxylic acids is 1. The molecule has 3 aromatic rings. The van der Waals surface area contributed by atoms with Crippen LogP contribution in [0.1, 0.15) is 27.2 Å². The molecule has 7 heteroatoms. The van der Waals surface area contributed by atoms with Gasteiger partial charge in [0.1, 0.15) is 5.82 Å². The van der Waals surface area contributed by atoms with E-state index in [0.717, 1.165) is 16.7 Å². The van der Waals surface area contributed by atoms with E-state index in [2.05, 4.69) is 15.6 Å². The maximum absolute atomic E-state index is 13.2. The standard InChI is InChI=1S/C18H17FN4O2/c19-16-7-3-4-13(8-16)10-23-11-17(21-22-23)18(25)20-9-14-5-1-2-6-15(14)12-24/h1-8,11,24H,9-10,12H2,(H,20,25). The molecule has 0 aliphatic rings. The van der Waals surface area contributed by atoms with Crippen LogP contribution in [0.2, 0.25) is 0 Å². The fourth-order valence-electron chi connectivity index (χ4n) is 2.45. The van der Waals surface area contributed by atoms with Gasteiger partial charge in [0.05, 0.1) is 19.3 Å². The van der Waals surface area contributed by atoms with Crippen LogP contribution in [-0.4, -0.2) is 26.0 Å². The Bertz CT molecular complexity index is 879. The van der Waals surface area contributed by atoms with Gasteiger partial charge in [0.25, 0.3) is 5.91 Å². The normalized spacial score (nSPS) is 10.6. The van der Waals surface area contributed by atoms with Gasteiger partial charge in [-0.1, -0.05) is 41.6 Å². The summed E-state index contributed by atoms with van der Waals surface area (Å²) in [7, 11) is 0. The molecule has 1 amide bonds. The summed E-state index contributed by atoms with van der Waals surface area (Å²) in [6.07, 6.45) is 1.51. The maximum Gasteiger partial charge on any atom is 0.273 e. The van der Waals surface area contributed by atoms with E-state index in [4.69, 9.17) is 0 Å². The zero-order valence-corrected chi connectivity index (χ0v) is 13.4. The Labute approximate surface area is 143 Å². The number of nitrogens with one attached hydrogen (secondary N) is 1. The third-order valence-electron chi connectivity index (χ3n) is 3.73. The van der Waals surface area contributed by atoms with E-state index < -0.39 is 0 Å². The Hall–Kier alpha value is -3.06. The molecule has 0 aliphatic heterocycles. The number of amides is 1. The van der Waals surface area contributed by atoms with Crippen LogP contribution in [0.4, 0.5) is 4.39 Å². The quantitative estimate of drug-likeness (QED) is 0.718. The van der Waals surface area contributed by atoms with Crippen molar-refractivity contribution in [1.29, 1.82) is 0 Å². The number of nitrogens with zero attached hydrogens (tertiary/aromatic N) is 3. The van der Waals surface area contributed by atoms with Crippen LogP contribution in [0.25, 0.3) is 0 Å². The summed E-state index contributed by atoms with van der Waals surface area (Å²) in [5.41, 5.74) is 2.51. The van der Waals surface area contributed by atoms with Crippen LogP contribution < -0.4 is 5.32 Å². The van der Waals surface area contributed by atoms with Gasteiger partial charge in [0.2, 0.25) is 0 Å². The number of benzene rings is 2. The molecule has 0 spiro atoms. The first-order chi connectivity index (χ1) is 12.2. The Kier molecular flexibility index (Phi) is 5.15. The monoisotopic (exact) mass is 340 g/mol. The number of aliphatic hydroxyl groups is 1. The van der Waals surface area contributed by atoms with Crippen molar-refractivity contribution in [3.05, 3.63) is 82.9 Å². The summed E-state index contributed by atoms with van der Waals surface area (Å²) in [5.74, 6) is -0.684. The minimum Gasteiger partial charge on any atom is -0.392 e. The van der Waals surface area contributed by atoms with Crippen LogP contribution >= 0.6 is 0 Å². The molecule has 1 heterocycles. The largest absolute Gasteiger partial charge is 0.392 e. The van der Waals surface area contributed by atoms with Crippen molar-refractivity contribution in [2.75, 3.05) is 0 Å². The molecule has 0 atom stereocenters. The number of carbonyl (C=O) groups is 1. The van der Waals surface area contributed by atoms with Crippen molar-refractivity contribution in [1.82, 2.24) is 20.3 Å². The van der Waals surface area contributed by atoms with Crippen molar-refractivity contribution >= 4 is 5.91 Å². The first-order valence-electron chi connectivity index (χ1n) is 7.76. The van der Waals surface area contributed by atoms with Gasteiger partial charge in [-0.25, -0.2) is 9.07 Å². The number of halogens is 1. The average Bonchev–Trinajstić information content (AvgIpc) is 3.08. The first-order valence-corrected chi connectivity index (χ1v) is 7.76. The molecule has 0 saturated carbocycles. The lowest BCUT2D eigenvalue weighted by atomic mass is 10.1. The highest BCUT2D eigenvalue weighted by atomic mass is 19.1. The number of hydrogen-bond acceptors (Lipinski definition) is 4. The molecule has 1 aromatic heterocycles. The summed E-state index contributed by atoms with van der Waals surface area (Å²) in [4.78, 5) is 12.2. The molecule has 128 valence electrons. The van der Waals surface area contributed by atoms with Gasteiger partial charge in [-0.2, -0.15) is 0 Å². The van der Waals surface area contributed by atoms with Gasteiger partial charge in [0.15, 0.2) is 5.69 Å². The molecular weight excluding hydrogens is 323 g/mol. The predicted octanol–water partition coefficient (Wildman–Crippen LogP) is 1.89. The van der Waals surface area contributed by atoms with E-state index in [9.17, 15) is 14.3 Å². The predicted molar refractivity (Wildman–Crippen MR) is 89.1 cm³/mol. The van der Waals surface area contributed by atoms with Crippen LogP contribution in [0, 0.1) is 5.82 Å². The smallest absolute Gasteiger partial charge is 0.273 e. The second-order valence-corrected chi connectivity index (χ2v) is 5.54. The van der Waals surface area contributed by atoms with Crippen LogP contribution in [0.15, 0.2) is 54.7 Å². The van der Waals surface area contributed by atoms with E-state index >= 15 is 0 Å². The van der Waals surface area contributed by atoms with Crippen LogP contribution in [0.3, 0.4) is 0 Å². The lowest BCUT2D eigenvalue weighted by molar-refractivity contribution is 0.0945. The van der Waals surface area contributed by atoms with Crippen LogP contribution in [-0.2, 0) is 19.7 Å². The molecule has 0 aliphatic carbocycles. The zero-order chi connectivity index (χ0) is 17.6. The maximum atomic E-state index is 13.2. The fraction of sp³-hybridized carbons (Fsp3) is 0.167. The lowest BCUT2D eigenvalue weighted by Crippen LogP contribution is -2.23. The van der Waals surface area contributed by atoms with E-state index in [1.165, 1.54) is 23.0 Å². The third-order valence-corrected chi connectivity index (χ3v) is 3.73. The van der Waals surface area contributed by atoms with Gasteiger partial charge in [-0.05, 0) is 28.8 Å². The fourth-order valence-corrected chi connectivity index (χ4v) is 2.45. The second-order valence-electron chi connectivity index (χ2n) is 5.54. The second kappa shape index (κ2) is 7.67. The highest BCUT2D eigenvalue weighted by Gasteiger charge is 2.11. The van der Waals surface area contributed by atoms with Gasteiger partial charge in [-0.15, -0.1) is 5.10 Å². The van der Waals surface area contributed by atoms with Crippen molar-refractivity contribution < 1.29 is 14.3 Å². The van der Waals surface area contributed by atoms with Crippen molar-refractivity contribution in [3.8, 4) is 0 Å². The third kappa shape index (κ3) is 4.27. The highest BCUT2D eigenvalue weighted by molar-refractivity contribution is 5.91. The number of hydrogen-bond donors (Lipinski definition) is 2. The Balaban J connectivity index is 1.62. The minimum absolute atomic E-state index is 0.0874. The highest BCUT2D eigenvalue weighted by Crippen LogP contribution is 2.09. The molecular formula is C18H17FN4O2. The summed E-state index contributed by atoms with van der Waals surface area (Å²) in [6, 6.07) is 13.5.